The van der Waals surface area contributed by atoms with E-state index in [4.69, 9.17) is 11.6 Å². The molecule has 4 heteroatoms. The maximum Gasteiger partial charge on any atom is 0.255 e. The summed E-state index contributed by atoms with van der Waals surface area (Å²) in [7, 11) is 0. The number of carbonyl (C=O) groups is 1. The van der Waals surface area contributed by atoms with Crippen LogP contribution in [0.4, 0.5) is 5.69 Å². The number of halogens is 1. The van der Waals surface area contributed by atoms with Crippen LogP contribution in [-0.4, -0.2) is 10.9 Å². The third kappa shape index (κ3) is 2.60. The fourth-order valence-electron chi connectivity index (χ4n) is 2.52. The van der Waals surface area contributed by atoms with Crippen molar-refractivity contribution in [3.8, 4) is 0 Å². The van der Waals surface area contributed by atoms with Crippen molar-refractivity contribution in [3.05, 3.63) is 63.8 Å². The van der Waals surface area contributed by atoms with Gasteiger partial charge in [-0.1, -0.05) is 17.7 Å². The zero-order valence-corrected chi connectivity index (χ0v) is 13.5. The Morgan fingerprint density at radius 1 is 1.09 bits per heavy atom. The van der Waals surface area contributed by atoms with Crippen molar-refractivity contribution in [1.29, 1.82) is 0 Å². The molecule has 112 valence electrons. The predicted octanol–water partition coefficient (Wildman–Crippen LogP) is 5.00. The van der Waals surface area contributed by atoms with Crippen LogP contribution in [-0.2, 0) is 0 Å². The van der Waals surface area contributed by atoms with Gasteiger partial charge in [0.25, 0.3) is 5.91 Å². The average Bonchev–Trinajstić information content (AvgIpc) is 2.77. The number of hydrogen-bond acceptors (Lipinski definition) is 1. The van der Waals surface area contributed by atoms with E-state index >= 15 is 0 Å². The highest BCUT2D eigenvalue weighted by molar-refractivity contribution is 6.34. The largest absolute Gasteiger partial charge is 0.358 e. The predicted molar refractivity (Wildman–Crippen MR) is 91.9 cm³/mol. The third-order valence-corrected chi connectivity index (χ3v) is 4.26. The molecule has 0 bridgehead atoms. The Labute approximate surface area is 134 Å². The van der Waals surface area contributed by atoms with Crippen molar-refractivity contribution in [2.24, 2.45) is 0 Å². The number of benzene rings is 2. The normalized spacial score (nSPS) is 10.9. The highest BCUT2D eigenvalue weighted by Gasteiger charge is 2.11. The van der Waals surface area contributed by atoms with Gasteiger partial charge in [0.2, 0.25) is 0 Å². The summed E-state index contributed by atoms with van der Waals surface area (Å²) in [4.78, 5) is 15.7. The minimum Gasteiger partial charge on any atom is -0.358 e. The van der Waals surface area contributed by atoms with E-state index in [2.05, 4.69) is 10.3 Å². The number of rotatable bonds is 2. The van der Waals surface area contributed by atoms with Gasteiger partial charge in [-0.05, 0) is 62.2 Å². The van der Waals surface area contributed by atoms with Crippen molar-refractivity contribution in [2.75, 3.05) is 5.32 Å². The van der Waals surface area contributed by atoms with Gasteiger partial charge in [-0.2, -0.15) is 0 Å². The molecule has 0 unspecified atom stereocenters. The fourth-order valence-corrected chi connectivity index (χ4v) is 2.80. The van der Waals surface area contributed by atoms with Gasteiger partial charge >= 0.3 is 0 Å². The van der Waals surface area contributed by atoms with E-state index in [1.807, 2.05) is 57.2 Å². The lowest BCUT2D eigenvalue weighted by atomic mass is 10.1. The number of anilines is 1. The number of aromatic nitrogens is 1. The summed E-state index contributed by atoms with van der Waals surface area (Å²) in [5.74, 6) is -0.161. The van der Waals surface area contributed by atoms with E-state index in [-0.39, 0.29) is 5.91 Å². The average molecular weight is 313 g/mol. The molecule has 0 aliphatic rings. The van der Waals surface area contributed by atoms with Crippen LogP contribution < -0.4 is 5.32 Å². The number of carbonyl (C=O) groups excluding carboxylic acids is 1. The molecule has 2 aromatic carbocycles. The molecule has 2 N–H and O–H groups in total. The molecule has 3 nitrogen and oxygen atoms in total. The van der Waals surface area contributed by atoms with Gasteiger partial charge in [-0.25, -0.2) is 0 Å². The molecule has 1 aromatic heterocycles. The summed E-state index contributed by atoms with van der Waals surface area (Å²) in [6.07, 6.45) is 0. The number of H-pyrrole nitrogens is 1. The van der Waals surface area contributed by atoms with E-state index < -0.39 is 0 Å². The van der Waals surface area contributed by atoms with Gasteiger partial charge in [-0.15, -0.1) is 0 Å². The molecule has 3 rings (SSSR count). The second-order valence-corrected chi connectivity index (χ2v) is 5.98. The second-order valence-electron chi connectivity index (χ2n) is 5.57. The summed E-state index contributed by atoms with van der Waals surface area (Å²) in [6, 6.07) is 11.2. The molecule has 0 saturated heterocycles. The number of nitrogens with one attached hydrogen (secondary N) is 2. The molecule has 22 heavy (non-hydrogen) atoms. The Morgan fingerprint density at radius 2 is 1.86 bits per heavy atom. The van der Waals surface area contributed by atoms with Crippen molar-refractivity contribution in [1.82, 2.24) is 4.98 Å². The highest BCUT2D eigenvalue weighted by atomic mass is 35.5. The molecule has 1 heterocycles. The Kier molecular flexibility index (Phi) is 3.67. The standard InChI is InChI=1S/C18H17ClN2O/c1-10-4-6-17(15(19)8-10)21-18(22)13-5-7-16-14(9-13)11(2)12(3)20-16/h4-9,20H,1-3H3,(H,21,22). The fraction of sp³-hybridized carbons (Fsp3) is 0.167. The topological polar surface area (TPSA) is 44.9 Å². The summed E-state index contributed by atoms with van der Waals surface area (Å²) in [6.45, 7) is 6.04. The second kappa shape index (κ2) is 5.50. The van der Waals surface area contributed by atoms with Gasteiger partial charge in [0.1, 0.15) is 0 Å². The van der Waals surface area contributed by atoms with Gasteiger partial charge < -0.3 is 10.3 Å². The van der Waals surface area contributed by atoms with Gasteiger partial charge in [-0.3, -0.25) is 4.79 Å². The van der Waals surface area contributed by atoms with E-state index in [1.54, 1.807) is 0 Å². The molecule has 0 fully saturated rings. The van der Waals surface area contributed by atoms with Crippen LogP contribution in [0.2, 0.25) is 5.02 Å². The molecular weight excluding hydrogens is 296 g/mol. The lowest BCUT2D eigenvalue weighted by molar-refractivity contribution is 0.102. The van der Waals surface area contributed by atoms with Crippen LogP contribution in [0.5, 0.6) is 0 Å². The van der Waals surface area contributed by atoms with E-state index in [0.29, 0.717) is 16.3 Å². The minimum absolute atomic E-state index is 0.161. The summed E-state index contributed by atoms with van der Waals surface area (Å²) in [5.41, 5.74) is 5.63. The quantitative estimate of drug-likeness (QED) is 0.687. The van der Waals surface area contributed by atoms with E-state index in [0.717, 1.165) is 27.7 Å². The SMILES string of the molecule is Cc1ccc(NC(=O)c2ccc3[nH]c(C)c(C)c3c2)c(Cl)c1. The molecule has 0 spiro atoms. The highest BCUT2D eigenvalue weighted by Crippen LogP contribution is 2.25. The summed E-state index contributed by atoms with van der Waals surface area (Å²) >= 11 is 6.16. The molecule has 1 amide bonds. The first-order chi connectivity index (χ1) is 10.5. The molecule has 0 atom stereocenters. The van der Waals surface area contributed by atoms with Gasteiger partial charge in [0.15, 0.2) is 0 Å². The first-order valence-electron chi connectivity index (χ1n) is 7.12. The first-order valence-corrected chi connectivity index (χ1v) is 7.50. The lowest BCUT2D eigenvalue weighted by Crippen LogP contribution is -2.12. The van der Waals surface area contributed by atoms with Crippen LogP contribution in [0.25, 0.3) is 10.9 Å². The molecule has 0 saturated carbocycles. The first kappa shape index (κ1) is 14.7. The maximum absolute atomic E-state index is 12.4. The zero-order chi connectivity index (χ0) is 15.9. The Hall–Kier alpha value is -2.26. The molecule has 0 aliphatic heterocycles. The van der Waals surface area contributed by atoms with E-state index in [1.165, 1.54) is 0 Å². The van der Waals surface area contributed by atoms with Crippen LogP contribution >= 0.6 is 11.6 Å². The van der Waals surface area contributed by atoms with Gasteiger partial charge in [0, 0.05) is 22.2 Å². The minimum atomic E-state index is -0.161. The van der Waals surface area contributed by atoms with Crippen molar-refractivity contribution in [2.45, 2.75) is 20.8 Å². The molecule has 3 aromatic rings. The Balaban J connectivity index is 1.93. The lowest BCUT2D eigenvalue weighted by Gasteiger charge is -2.08. The van der Waals surface area contributed by atoms with Crippen LogP contribution in [0.15, 0.2) is 36.4 Å². The zero-order valence-electron chi connectivity index (χ0n) is 12.8. The number of amides is 1. The molecule has 0 radical (unpaired) electrons. The third-order valence-electron chi connectivity index (χ3n) is 3.94. The summed E-state index contributed by atoms with van der Waals surface area (Å²) < 4.78 is 0. The van der Waals surface area contributed by atoms with Crippen molar-refractivity contribution < 1.29 is 4.79 Å². The van der Waals surface area contributed by atoms with Crippen LogP contribution in [0.3, 0.4) is 0 Å². The number of fused-ring (bicyclic) bond motifs is 1. The van der Waals surface area contributed by atoms with Crippen LogP contribution in [0.1, 0.15) is 27.2 Å². The maximum atomic E-state index is 12.4. The molecule has 0 aliphatic carbocycles. The number of aryl methyl sites for hydroxylation is 3. The molecular formula is C18H17ClN2O. The van der Waals surface area contributed by atoms with Crippen molar-refractivity contribution >= 4 is 34.1 Å². The number of hydrogen-bond donors (Lipinski definition) is 2. The van der Waals surface area contributed by atoms with E-state index in [9.17, 15) is 4.79 Å². The smallest absolute Gasteiger partial charge is 0.255 e. The number of aromatic amines is 1. The summed E-state index contributed by atoms with van der Waals surface area (Å²) in [5, 5.41) is 4.48. The van der Waals surface area contributed by atoms with Crippen LogP contribution in [0, 0.1) is 20.8 Å². The van der Waals surface area contributed by atoms with Gasteiger partial charge in [0.05, 0.1) is 10.7 Å². The monoisotopic (exact) mass is 312 g/mol. The van der Waals surface area contributed by atoms with Crippen molar-refractivity contribution in [3.63, 3.8) is 0 Å². The Bertz CT molecular complexity index is 880. The Morgan fingerprint density at radius 3 is 2.59 bits per heavy atom.